The first kappa shape index (κ1) is 19.8. The molecule has 0 fully saturated rings. The van der Waals surface area contributed by atoms with Crippen molar-refractivity contribution in [2.45, 2.75) is 26.0 Å². The van der Waals surface area contributed by atoms with E-state index in [0.717, 1.165) is 22.6 Å². The summed E-state index contributed by atoms with van der Waals surface area (Å²) < 4.78 is 5.08. The minimum Gasteiger partial charge on any atom is -0.497 e. The van der Waals surface area contributed by atoms with Crippen molar-refractivity contribution in [1.29, 1.82) is 0 Å². The van der Waals surface area contributed by atoms with E-state index >= 15 is 0 Å². The topological polar surface area (TPSA) is 67.4 Å². The number of hydrogen-bond acceptors (Lipinski definition) is 4. The Morgan fingerprint density at radius 3 is 2.42 bits per heavy atom. The SMILES string of the molecule is COc1ccc(NC(=O)CS[C@@H](C)C(=O)Nc2cc(C)ccc2C)cc1. The molecule has 0 aliphatic rings. The Bertz CT molecular complexity index is 775. The summed E-state index contributed by atoms with van der Waals surface area (Å²) >= 11 is 1.30. The van der Waals surface area contributed by atoms with Crippen molar-refractivity contribution in [2.24, 2.45) is 0 Å². The zero-order chi connectivity index (χ0) is 19.1. The van der Waals surface area contributed by atoms with Gasteiger partial charge in [0.25, 0.3) is 0 Å². The van der Waals surface area contributed by atoms with Crippen molar-refractivity contribution in [3.05, 3.63) is 53.6 Å². The fourth-order valence-electron chi connectivity index (χ4n) is 2.25. The van der Waals surface area contributed by atoms with Crippen LogP contribution in [-0.2, 0) is 9.59 Å². The summed E-state index contributed by atoms with van der Waals surface area (Å²) in [6.07, 6.45) is 0. The number of rotatable bonds is 7. The largest absolute Gasteiger partial charge is 0.497 e. The van der Waals surface area contributed by atoms with Gasteiger partial charge < -0.3 is 15.4 Å². The van der Waals surface area contributed by atoms with Crippen LogP contribution in [0.3, 0.4) is 0 Å². The number of carbonyl (C=O) groups excluding carboxylic acids is 2. The van der Waals surface area contributed by atoms with Crippen LogP contribution in [0.4, 0.5) is 11.4 Å². The number of amides is 2. The molecule has 0 saturated heterocycles. The molecule has 0 spiro atoms. The highest BCUT2D eigenvalue weighted by molar-refractivity contribution is 8.01. The third kappa shape index (κ3) is 5.81. The van der Waals surface area contributed by atoms with Crippen molar-refractivity contribution in [2.75, 3.05) is 23.5 Å². The minimum atomic E-state index is -0.337. The van der Waals surface area contributed by atoms with Crippen LogP contribution in [0.15, 0.2) is 42.5 Å². The molecule has 0 unspecified atom stereocenters. The quantitative estimate of drug-likeness (QED) is 0.771. The fourth-order valence-corrected chi connectivity index (χ4v) is 2.94. The van der Waals surface area contributed by atoms with Crippen molar-refractivity contribution in [1.82, 2.24) is 0 Å². The zero-order valence-corrected chi connectivity index (χ0v) is 16.3. The first-order chi connectivity index (χ1) is 12.4. The van der Waals surface area contributed by atoms with E-state index in [1.807, 2.05) is 32.0 Å². The minimum absolute atomic E-state index is 0.110. The summed E-state index contributed by atoms with van der Waals surface area (Å²) in [6.45, 7) is 5.73. The molecule has 0 saturated carbocycles. The van der Waals surface area contributed by atoms with E-state index in [9.17, 15) is 9.59 Å². The molecular weight excluding hydrogens is 348 g/mol. The lowest BCUT2D eigenvalue weighted by Gasteiger charge is -2.14. The molecule has 0 aromatic heterocycles. The van der Waals surface area contributed by atoms with Crippen LogP contribution in [-0.4, -0.2) is 29.9 Å². The molecule has 0 heterocycles. The van der Waals surface area contributed by atoms with Crippen LogP contribution in [0.25, 0.3) is 0 Å². The van der Waals surface area contributed by atoms with Crippen LogP contribution in [0.5, 0.6) is 5.75 Å². The van der Waals surface area contributed by atoms with Crippen LogP contribution in [0.2, 0.25) is 0 Å². The molecule has 0 aliphatic heterocycles. The van der Waals surface area contributed by atoms with Gasteiger partial charge in [-0.3, -0.25) is 9.59 Å². The predicted molar refractivity (Wildman–Crippen MR) is 108 cm³/mol. The van der Waals surface area contributed by atoms with Gasteiger partial charge >= 0.3 is 0 Å². The number of nitrogens with one attached hydrogen (secondary N) is 2. The monoisotopic (exact) mass is 372 g/mol. The molecule has 6 heteroatoms. The molecule has 0 aliphatic carbocycles. The molecule has 2 rings (SSSR count). The lowest BCUT2D eigenvalue weighted by molar-refractivity contribution is -0.115. The van der Waals surface area contributed by atoms with Gasteiger partial charge in [-0.05, 0) is 62.2 Å². The Labute approximate surface area is 158 Å². The first-order valence-electron chi connectivity index (χ1n) is 8.32. The van der Waals surface area contributed by atoms with E-state index in [1.54, 1.807) is 38.3 Å². The number of hydrogen-bond donors (Lipinski definition) is 2. The van der Waals surface area contributed by atoms with E-state index in [4.69, 9.17) is 4.74 Å². The molecular formula is C20H24N2O3S. The Balaban J connectivity index is 1.82. The highest BCUT2D eigenvalue weighted by Gasteiger charge is 2.16. The molecule has 2 aromatic carbocycles. The predicted octanol–water partition coefficient (Wildman–Crippen LogP) is 4.01. The van der Waals surface area contributed by atoms with E-state index in [2.05, 4.69) is 10.6 Å². The van der Waals surface area contributed by atoms with Gasteiger partial charge in [0.2, 0.25) is 11.8 Å². The normalized spacial score (nSPS) is 11.5. The number of anilines is 2. The van der Waals surface area contributed by atoms with Gasteiger partial charge in [0.05, 0.1) is 18.1 Å². The van der Waals surface area contributed by atoms with E-state index in [0.29, 0.717) is 5.69 Å². The average molecular weight is 372 g/mol. The van der Waals surface area contributed by atoms with Crippen molar-refractivity contribution >= 4 is 35.0 Å². The maximum absolute atomic E-state index is 12.3. The Kier molecular flexibility index (Phi) is 7.09. The number of methoxy groups -OCH3 is 1. The number of carbonyl (C=O) groups is 2. The van der Waals surface area contributed by atoms with Crippen molar-refractivity contribution in [3.8, 4) is 5.75 Å². The first-order valence-corrected chi connectivity index (χ1v) is 9.37. The lowest BCUT2D eigenvalue weighted by atomic mass is 10.1. The van der Waals surface area contributed by atoms with Crippen LogP contribution in [0.1, 0.15) is 18.1 Å². The lowest BCUT2D eigenvalue weighted by Crippen LogP contribution is -2.25. The third-order valence-electron chi connectivity index (χ3n) is 3.86. The second-order valence-corrected chi connectivity index (χ2v) is 7.37. The van der Waals surface area contributed by atoms with Gasteiger partial charge in [0.15, 0.2) is 0 Å². The highest BCUT2D eigenvalue weighted by Crippen LogP contribution is 2.20. The van der Waals surface area contributed by atoms with Crippen LogP contribution in [0, 0.1) is 13.8 Å². The second kappa shape index (κ2) is 9.29. The summed E-state index contributed by atoms with van der Waals surface area (Å²) in [5.74, 6) is 0.676. The van der Waals surface area contributed by atoms with Crippen molar-refractivity contribution in [3.63, 3.8) is 0 Å². The van der Waals surface area contributed by atoms with Gasteiger partial charge in [0.1, 0.15) is 5.75 Å². The molecule has 2 N–H and O–H groups in total. The van der Waals surface area contributed by atoms with Crippen LogP contribution >= 0.6 is 11.8 Å². The molecule has 138 valence electrons. The summed E-state index contributed by atoms with van der Waals surface area (Å²) in [5.41, 5.74) is 3.61. The summed E-state index contributed by atoms with van der Waals surface area (Å²) in [4.78, 5) is 24.4. The maximum Gasteiger partial charge on any atom is 0.237 e. The number of benzene rings is 2. The van der Waals surface area contributed by atoms with Crippen LogP contribution < -0.4 is 15.4 Å². The van der Waals surface area contributed by atoms with Gasteiger partial charge in [-0.15, -0.1) is 11.8 Å². The van der Waals surface area contributed by atoms with E-state index in [-0.39, 0.29) is 22.8 Å². The Morgan fingerprint density at radius 2 is 1.77 bits per heavy atom. The summed E-state index contributed by atoms with van der Waals surface area (Å²) in [7, 11) is 1.59. The van der Waals surface area contributed by atoms with Gasteiger partial charge in [-0.1, -0.05) is 12.1 Å². The molecule has 0 bridgehead atoms. The smallest absolute Gasteiger partial charge is 0.237 e. The molecule has 2 amide bonds. The zero-order valence-electron chi connectivity index (χ0n) is 15.5. The van der Waals surface area contributed by atoms with E-state index in [1.165, 1.54) is 11.8 Å². The standard InChI is InChI=1S/C20H24N2O3S/c1-13-5-6-14(2)18(11-13)22-20(24)15(3)26-12-19(23)21-16-7-9-17(25-4)10-8-16/h5-11,15H,12H2,1-4H3,(H,21,23)(H,22,24)/t15-/m0/s1. The number of aryl methyl sites for hydroxylation is 2. The molecule has 26 heavy (non-hydrogen) atoms. The fraction of sp³-hybridized carbons (Fsp3) is 0.300. The van der Waals surface area contributed by atoms with Gasteiger partial charge in [-0.2, -0.15) is 0 Å². The number of ether oxygens (including phenoxy) is 1. The second-order valence-electron chi connectivity index (χ2n) is 6.04. The Hall–Kier alpha value is -2.47. The molecule has 1 atom stereocenters. The van der Waals surface area contributed by atoms with Gasteiger partial charge in [-0.25, -0.2) is 0 Å². The number of thioether (sulfide) groups is 1. The molecule has 2 aromatic rings. The van der Waals surface area contributed by atoms with Crippen molar-refractivity contribution < 1.29 is 14.3 Å². The summed E-state index contributed by atoms with van der Waals surface area (Å²) in [6, 6.07) is 13.0. The Morgan fingerprint density at radius 1 is 1.08 bits per heavy atom. The molecule has 0 radical (unpaired) electrons. The summed E-state index contributed by atoms with van der Waals surface area (Å²) in [5, 5.41) is 5.40. The molecule has 5 nitrogen and oxygen atoms in total. The third-order valence-corrected chi connectivity index (χ3v) is 5.00. The van der Waals surface area contributed by atoms with E-state index < -0.39 is 0 Å². The van der Waals surface area contributed by atoms with Gasteiger partial charge in [0, 0.05) is 11.4 Å². The highest BCUT2D eigenvalue weighted by atomic mass is 32.2. The average Bonchev–Trinajstić information content (AvgIpc) is 2.63. The maximum atomic E-state index is 12.3.